The second-order valence-corrected chi connectivity index (χ2v) is 8.55. The van der Waals surface area contributed by atoms with Crippen LogP contribution in [0.2, 0.25) is 0 Å². The van der Waals surface area contributed by atoms with Crippen LogP contribution in [0.5, 0.6) is 0 Å². The van der Waals surface area contributed by atoms with Gasteiger partial charge in [0, 0.05) is 19.1 Å². The van der Waals surface area contributed by atoms with Crippen LogP contribution in [-0.2, 0) is 4.74 Å². The van der Waals surface area contributed by atoms with E-state index >= 15 is 0 Å². The molecule has 1 N–H and O–H groups in total. The molecule has 1 saturated heterocycles. The topological polar surface area (TPSA) is 67.3 Å². The zero-order valence-corrected chi connectivity index (χ0v) is 15.7. The predicted octanol–water partition coefficient (Wildman–Crippen LogP) is 3.78. The molecule has 1 amide bonds. The van der Waals surface area contributed by atoms with Crippen molar-refractivity contribution in [3.63, 3.8) is 0 Å². The standard InChI is InChI=1S/C20H27N3O3/c1-20(2,3)26-19(25)22-10-8-13(9-11-22)14-4-7-16-17(12-14)23(15-5-6-15)18(24)21-16/h4,7,12-13,15H,5-6,8-11H2,1-3H3,(H,21,24). The van der Waals surface area contributed by atoms with Gasteiger partial charge in [-0.2, -0.15) is 0 Å². The molecule has 0 unspecified atom stereocenters. The van der Waals surface area contributed by atoms with Gasteiger partial charge in [-0.25, -0.2) is 9.59 Å². The number of nitrogens with zero attached hydrogens (tertiary/aromatic N) is 2. The smallest absolute Gasteiger partial charge is 0.410 e. The molecule has 26 heavy (non-hydrogen) atoms. The van der Waals surface area contributed by atoms with Crippen LogP contribution in [0.3, 0.4) is 0 Å². The van der Waals surface area contributed by atoms with Crippen LogP contribution >= 0.6 is 0 Å². The summed E-state index contributed by atoms with van der Waals surface area (Å²) in [5.41, 5.74) is 2.73. The Morgan fingerprint density at radius 1 is 1.15 bits per heavy atom. The first-order chi connectivity index (χ1) is 12.3. The molecule has 0 bridgehead atoms. The van der Waals surface area contributed by atoms with E-state index in [9.17, 15) is 9.59 Å². The van der Waals surface area contributed by atoms with Gasteiger partial charge in [0.25, 0.3) is 0 Å². The van der Waals surface area contributed by atoms with Crippen molar-refractivity contribution >= 4 is 17.1 Å². The molecule has 2 heterocycles. The lowest BCUT2D eigenvalue weighted by molar-refractivity contribution is 0.0205. The van der Waals surface area contributed by atoms with Gasteiger partial charge in [0.2, 0.25) is 0 Å². The summed E-state index contributed by atoms with van der Waals surface area (Å²) in [6.45, 7) is 7.09. The van der Waals surface area contributed by atoms with Crippen LogP contribution in [0.25, 0.3) is 11.0 Å². The van der Waals surface area contributed by atoms with Crippen molar-refractivity contribution in [1.29, 1.82) is 0 Å². The Morgan fingerprint density at radius 3 is 2.46 bits per heavy atom. The van der Waals surface area contributed by atoms with Gasteiger partial charge < -0.3 is 14.6 Å². The molecule has 4 rings (SSSR count). The number of fused-ring (bicyclic) bond motifs is 1. The zero-order chi connectivity index (χ0) is 18.5. The maximum absolute atomic E-state index is 12.2. The summed E-state index contributed by atoms with van der Waals surface area (Å²) < 4.78 is 7.38. The number of nitrogens with one attached hydrogen (secondary N) is 1. The lowest BCUT2D eigenvalue weighted by Crippen LogP contribution is -2.41. The zero-order valence-electron chi connectivity index (χ0n) is 15.7. The SMILES string of the molecule is CC(C)(C)OC(=O)N1CCC(c2ccc3[nH]c(=O)n(C4CC4)c3c2)CC1. The predicted molar refractivity (Wildman–Crippen MR) is 101 cm³/mol. The summed E-state index contributed by atoms with van der Waals surface area (Å²) in [6, 6.07) is 6.66. The number of carbonyl (C=O) groups is 1. The van der Waals surface area contributed by atoms with Crippen molar-refractivity contribution in [1.82, 2.24) is 14.5 Å². The molecule has 0 radical (unpaired) electrons. The van der Waals surface area contributed by atoms with Gasteiger partial charge in [-0.15, -0.1) is 0 Å². The Hall–Kier alpha value is -2.24. The quantitative estimate of drug-likeness (QED) is 0.889. The third kappa shape index (κ3) is 3.37. The number of amides is 1. The maximum Gasteiger partial charge on any atom is 0.410 e. The highest BCUT2D eigenvalue weighted by Crippen LogP contribution is 2.37. The highest BCUT2D eigenvalue weighted by Gasteiger charge is 2.29. The molecule has 0 atom stereocenters. The summed E-state index contributed by atoms with van der Waals surface area (Å²) in [5, 5.41) is 0. The van der Waals surface area contributed by atoms with Crippen molar-refractivity contribution in [2.24, 2.45) is 0 Å². The molecule has 1 aromatic carbocycles. The number of aromatic nitrogens is 2. The third-order valence-electron chi connectivity index (χ3n) is 5.27. The van der Waals surface area contributed by atoms with Crippen molar-refractivity contribution in [3.8, 4) is 0 Å². The number of hydrogen-bond donors (Lipinski definition) is 1. The molecule has 1 aliphatic heterocycles. The van der Waals surface area contributed by atoms with E-state index in [-0.39, 0.29) is 11.8 Å². The normalized spacial score (nSPS) is 19.1. The molecule has 6 nitrogen and oxygen atoms in total. The van der Waals surface area contributed by atoms with Gasteiger partial charge in [0.05, 0.1) is 11.0 Å². The fraction of sp³-hybridized carbons (Fsp3) is 0.600. The lowest BCUT2D eigenvalue weighted by Gasteiger charge is -2.33. The molecular weight excluding hydrogens is 330 g/mol. The van der Waals surface area contributed by atoms with Crippen LogP contribution in [0.1, 0.15) is 64.0 Å². The fourth-order valence-electron chi connectivity index (χ4n) is 3.81. The maximum atomic E-state index is 12.2. The Bertz CT molecular complexity index is 878. The summed E-state index contributed by atoms with van der Waals surface area (Å²) in [6.07, 6.45) is 3.79. The van der Waals surface area contributed by atoms with Crippen molar-refractivity contribution < 1.29 is 9.53 Å². The second kappa shape index (κ2) is 6.18. The first kappa shape index (κ1) is 17.2. The number of ether oxygens (including phenoxy) is 1. The van der Waals surface area contributed by atoms with E-state index in [0.717, 1.165) is 36.7 Å². The summed E-state index contributed by atoms with van der Waals surface area (Å²) in [5.74, 6) is 0.413. The molecule has 1 saturated carbocycles. The number of likely N-dealkylation sites (tertiary alicyclic amines) is 1. The number of hydrogen-bond acceptors (Lipinski definition) is 3. The lowest BCUT2D eigenvalue weighted by atomic mass is 9.89. The van der Waals surface area contributed by atoms with E-state index in [1.54, 1.807) is 4.90 Å². The second-order valence-electron chi connectivity index (χ2n) is 8.55. The van der Waals surface area contributed by atoms with Gasteiger partial charge in [-0.05, 0) is 70.1 Å². The molecule has 2 aliphatic rings. The molecule has 6 heteroatoms. The average molecular weight is 357 g/mol. The monoisotopic (exact) mass is 357 g/mol. The van der Waals surface area contributed by atoms with E-state index in [1.165, 1.54) is 5.56 Å². The number of aromatic amines is 1. The number of carbonyl (C=O) groups excluding carboxylic acids is 1. The fourth-order valence-corrected chi connectivity index (χ4v) is 3.81. The number of benzene rings is 1. The first-order valence-electron chi connectivity index (χ1n) is 9.54. The minimum Gasteiger partial charge on any atom is -0.444 e. The van der Waals surface area contributed by atoms with Crippen LogP contribution in [-0.4, -0.2) is 39.2 Å². The molecule has 2 fully saturated rings. The summed E-state index contributed by atoms with van der Waals surface area (Å²) >= 11 is 0. The van der Waals surface area contributed by atoms with Gasteiger partial charge in [0.15, 0.2) is 0 Å². The van der Waals surface area contributed by atoms with E-state index in [2.05, 4.69) is 17.1 Å². The molecular formula is C20H27N3O3. The van der Waals surface area contributed by atoms with Crippen LogP contribution in [0.15, 0.2) is 23.0 Å². The molecule has 1 aliphatic carbocycles. The van der Waals surface area contributed by atoms with Gasteiger partial charge in [-0.3, -0.25) is 4.57 Å². The van der Waals surface area contributed by atoms with E-state index < -0.39 is 5.60 Å². The van der Waals surface area contributed by atoms with Gasteiger partial charge in [0.1, 0.15) is 5.60 Å². The van der Waals surface area contributed by atoms with Crippen molar-refractivity contribution in [3.05, 3.63) is 34.2 Å². The third-order valence-corrected chi connectivity index (χ3v) is 5.27. The van der Waals surface area contributed by atoms with E-state index in [0.29, 0.717) is 25.0 Å². The highest BCUT2D eigenvalue weighted by molar-refractivity contribution is 5.76. The summed E-state index contributed by atoms with van der Waals surface area (Å²) in [4.78, 5) is 29.2. The van der Waals surface area contributed by atoms with Crippen LogP contribution in [0.4, 0.5) is 4.79 Å². The highest BCUT2D eigenvalue weighted by atomic mass is 16.6. The van der Waals surface area contributed by atoms with E-state index in [4.69, 9.17) is 4.74 Å². The van der Waals surface area contributed by atoms with Crippen molar-refractivity contribution in [2.45, 2.75) is 64.0 Å². The number of imidazole rings is 1. The van der Waals surface area contributed by atoms with Gasteiger partial charge in [-0.1, -0.05) is 6.07 Å². The summed E-state index contributed by atoms with van der Waals surface area (Å²) in [7, 11) is 0. The molecule has 1 aromatic heterocycles. The largest absolute Gasteiger partial charge is 0.444 e. The van der Waals surface area contributed by atoms with Crippen molar-refractivity contribution in [2.75, 3.05) is 13.1 Å². The molecule has 2 aromatic rings. The average Bonchev–Trinajstić information content (AvgIpc) is 3.35. The van der Waals surface area contributed by atoms with Crippen LogP contribution < -0.4 is 5.69 Å². The number of rotatable bonds is 2. The molecule has 0 spiro atoms. The Morgan fingerprint density at radius 2 is 1.85 bits per heavy atom. The minimum atomic E-state index is -0.459. The molecule has 140 valence electrons. The Kier molecular flexibility index (Phi) is 4.09. The van der Waals surface area contributed by atoms with E-state index in [1.807, 2.05) is 31.4 Å². The first-order valence-corrected chi connectivity index (χ1v) is 9.54. The number of H-pyrrole nitrogens is 1. The Labute approximate surface area is 153 Å². The van der Waals surface area contributed by atoms with Gasteiger partial charge >= 0.3 is 11.8 Å². The minimum absolute atomic E-state index is 0.000560. The number of piperidine rings is 1. The van der Waals surface area contributed by atoms with Crippen LogP contribution in [0, 0.1) is 0 Å². The Balaban J connectivity index is 1.48.